The highest BCUT2D eigenvalue weighted by Crippen LogP contribution is 2.25. The number of ether oxygens (including phenoxy) is 1. The minimum atomic E-state index is 0.524. The van der Waals surface area contributed by atoms with E-state index in [9.17, 15) is 0 Å². The summed E-state index contributed by atoms with van der Waals surface area (Å²) in [7, 11) is 1.68. The van der Waals surface area contributed by atoms with Crippen LogP contribution in [0.1, 0.15) is 31.2 Å². The van der Waals surface area contributed by atoms with Crippen LogP contribution in [-0.4, -0.2) is 24.6 Å². The molecule has 0 atom stereocenters. The van der Waals surface area contributed by atoms with Crippen LogP contribution in [0.25, 0.3) is 0 Å². The van der Waals surface area contributed by atoms with Gasteiger partial charge in [0.1, 0.15) is 5.75 Å². The molecule has 0 aromatic heterocycles. The van der Waals surface area contributed by atoms with Crippen LogP contribution in [0.2, 0.25) is 0 Å². The molecule has 0 unspecified atom stereocenters. The van der Waals surface area contributed by atoms with Gasteiger partial charge in [0.15, 0.2) is 0 Å². The number of hydrogen-bond acceptors (Lipinski definition) is 3. The fourth-order valence-electron chi connectivity index (χ4n) is 2.64. The van der Waals surface area contributed by atoms with Crippen molar-refractivity contribution in [3.8, 4) is 11.8 Å². The second-order valence-corrected chi connectivity index (χ2v) is 4.85. The number of benzene rings is 1. The first-order chi connectivity index (χ1) is 8.83. The van der Waals surface area contributed by atoms with Crippen molar-refractivity contribution >= 4 is 0 Å². The van der Waals surface area contributed by atoms with Gasteiger partial charge in [0, 0.05) is 12.6 Å². The molecule has 96 valence electrons. The lowest BCUT2D eigenvalue weighted by Crippen LogP contribution is -2.33. The first-order valence-electron chi connectivity index (χ1n) is 6.57. The maximum atomic E-state index is 8.95. The maximum Gasteiger partial charge on any atom is 0.118 e. The molecule has 1 saturated carbocycles. The molecular formula is C15H20N2O. The Balaban J connectivity index is 2.00. The number of nitriles is 1. The number of nitrogens with zero attached hydrogens (tertiary/aromatic N) is 2. The zero-order valence-corrected chi connectivity index (χ0v) is 10.9. The Kier molecular flexibility index (Phi) is 4.60. The van der Waals surface area contributed by atoms with E-state index in [1.54, 1.807) is 7.11 Å². The van der Waals surface area contributed by atoms with Crippen LogP contribution in [0, 0.1) is 11.3 Å². The van der Waals surface area contributed by atoms with E-state index in [0.717, 1.165) is 12.3 Å². The van der Waals surface area contributed by atoms with Gasteiger partial charge >= 0.3 is 0 Å². The third-order valence-electron chi connectivity index (χ3n) is 3.66. The average Bonchev–Trinajstić information content (AvgIpc) is 2.93. The molecule has 0 bridgehead atoms. The zero-order chi connectivity index (χ0) is 12.8. The van der Waals surface area contributed by atoms with Gasteiger partial charge in [-0.15, -0.1) is 0 Å². The molecule has 1 fully saturated rings. The molecule has 2 rings (SSSR count). The van der Waals surface area contributed by atoms with Crippen molar-refractivity contribution in [1.29, 1.82) is 5.26 Å². The predicted molar refractivity (Wildman–Crippen MR) is 71.3 cm³/mol. The SMILES string of the molecule is COc1ccc(CN(CC#N)C2CCCC2)cc1. The summed E-state index contributed by atoms with van der Waals surface area (Å²) in [6.45, 7) is 1.39. The Labute approximate surface area is 109 Å². The fourth-order valence-corrected chi connectivity index (χ4v) is 2.64. The normalized spacial score (nSPS) is 15.8. The van der Waals surface area contributed by atoms with Gasteiger partial charge in [-0.25, -0.2) is 0 Å². The van der Waals surface area contributed by atoms with Gasteiger partial charge in [0.2, 0.25) is 0 Å². The lowest BCUT2D eigenvalue weighted by molar-refractivity contribution is 0.214. The number of hydrogen-bond donors (Lipinski definition) is 0. The number of methoxy groups -OCH3 is 1. The molecule has 1 aliphatic rings. The van der Waals surface area contributed by atoms with Gasteiger partial charge in [-0.2, -0.15) is 5.26 Å². The summed E-state index contributed by atoms with van der Waals surface area (Å²) >= 11 is 0. The van der Waals surface area contributed by atoms with Crippen molar-refractivity contribution in [2.24, 2.45) is 0 Å². The van der Waals surface area contributed by atoms with Gasteiger partial charge < -0.3 is 4.74 Å². The van der Waals surface area contributed by atoms with Gasteiger partial charge in [0.25, 0.3) is 0 Å². The van der Waals surface area contributed by atoms with E-state index in [1.807, 2.05) is 12.1 Å². The van der Waals surface area contributed by atoms with Crippen LogP contribution in [0.5, 0.6) is 5.75 Å². The second kappa shape index (κ2) is 6.42. The van der Waals surface area contributed by atoms with E-state index in [-0.39, 0.29) is 0 Å². The highest BCUT2D eigenvalue weighted by molar-refractivity contribution is 5.27. The highest BCUT2D eigenvalue weighted by atomic mass is 16.5. The lowest BCUT2D eigenvalue weighted by atomic mass is 10.1. The molecule has 1 aliphatic carbocycles. The fraction of sp³-hybridized carbons (Fsp3) is 0.533. The summed E-state index contributed by atoms with van der Waals surface area (Å²) < 4.78 is 5.16. The Morgan fingerprint density at radius 2 is 1.94 bits per heavy atom. The Morgan fingerprint density at radius 1 is 1.28 bits per heavy atom. The van der Waals surface area contributed by atoms with Crippen molar-refractivity contribution < 1.29 is 4.74 Å². The maximum absolute atomic E-state index is 8.95. The van der Waals surface area contributed by atoms with Crippen LogP contribution in [0.4, 0.5) is 0 Å². The molecule has 0 saturated heterocycles. The van der Waals surface area contributed by atoms with Crippen LogP contribution in [-0.2, 0) is 6.54 Å². The first-order valence-corrected chi connectivity index (χ1v) is 6.57. The molecule has 0 amide bonds. The molecule has 0 heterocycles. The van der Waals surface area contributed by atoms with Gasteiger partial charge in [0.05, 0.1) is 19.7 Å². The molecule has 0 radical (unpaired) electrons. The molecular weight excluding hydrogens is 224 g/mol. The van der Waals surface area contributed by atoms with Crippen molar-refractivity contribution in [3.05, 3.63) is 29.8 Å². The monoisotopic (exact) mass is 244 g/mol. The van der Waals surface area contributed by atoms with E-state index >= 15 is 0 Å². The standard InChI is InChI=1S/C15H20N2O/c1-18-15-8-6-13(7-9-15)12-17(11-10-16)14-4-2-3-5-14/h6-9,14H,2-5,11-12H2,1H3. The largest absolute Gasteiger partial charge is 0.497 e. The summed E-state index contributed by atoms with van der Waals surface area (Å²) in [5.74, 6) is 0.881. The van der Waals surface area contributed by atoms with Gasteiger partial charge in [-0.1, -0.05) is 25.0 Å². The summed E-state index contributed by atoms with van der Waals surface area (Å²) in [6.07, 6.45) is 5.07. The molecule has 1 aromatic rings. The summed E-state index contributed by atoms with van der Waals surface area (Å²) in [5.41, 5.74) is 1.25. The second-order valence-electron chi connectivity index (χ2n) is 4.85. The van der Waals surface area contributed by atoms with E-state index in [1.165, 1.54) is 31.2 Å². The molecule has 0 spiro atoms. The van der Waals surface area contributed by atoms with E-state index < -0.39 is 0 Å². The van der Waals surface area contributed by atoms with Crippen molar-refractivity contribution in [1.82, 2.24) is 4.90 Å². The van der Waals surface area contributed by atoms with Crippen LogP contribution >= 0.6 is 0 Å². The topological polar surface area (TPSA) is 36.3 Å². The van der Waals surface area contributed by atoms with Gasteiger partial charge in [-0.3, -0.25) is 4.90 Å². The van der Waals surface area contributed by atoms with Crippen LogP contribution in [0.15, 0.2) is 24.3 Å². The van der Waals surface area contributed by atoms with Crippen LogP contribution in [0.3, 0.4) is 0 Å². The molecule has 0 aliphatic heterocycles. The van der Waals surface area contributed by atoms with Crippen molar-refractivity contribution in [2.45, 2.75) is 38.3 Å². The first kappa shape index (κ1) is 12.9. The number of rotatable bonds is 5. The Morgan fingerprint density at radius 3 is 2.50 bits per heavy atom. The average molecular weight is 244 g/mol. The summed E-state index contributed by atoms with van der Waals surface area (Å²) in [6, 6.07) is 11.0. The van der Waals surface area contributed by atoms with E-state index in [0.29, 0.717) is 12.6 Å². The smallest absolute Gasteiger partial charge is 0.118 e. The summed E-state index contributed by atoms with van der Waals surface area (Å²) in [5, 5.41) is 8.95. The summed E-state index contributed by atoms with van der Waals surface area (Å²) in [4.78, 5) is 2.30. The molecule has 18 heavy (non-hydrogen) atoms. The Hall–Kier alpha value is -1.53. The third kappa shape index (κ3) is 3.24. The predicted octanol–water partition coefficient (Wildman–Crippen LogP) is 2.96. The van der Waals surface area contributed by atoms with Crippen molar-refractivity contribution in [3.63, 3.8) is 0 Å². The Bertz CT molecular complexity index is 401. The minimum absolute atomic E-state index is 0.524. The highest BCUT2D eigenvalue weighted by Gasteiger charge is 2.22. The minimum Gasteiger partial charge on any atom is -0.497 e. The lowest BCUT2D eigenvalue weighted by Gasteiger charge is -2.26. The van der Waals surface area contributed by atoms with Crippen LogP contribution < -0.4 is 4.74 Å². The third-order valence-corrected chi connectivity index (χ3v) is 3.66. The van der Waals surface area contributed by atoms with E-state index in [2.05, 4.69) is 23.1 Å². The zero-order valence-electron chi connectivity index (χ0n) is 10.9. The van der Waals surface area contributed by atoms with E-state index in [4.69, 9.17) is 10.00 Å². The quantitative estimate of drug-likeness (QED) is 0.747. The van der Waals surface area contributed by atoms with Gasteiger partial charge in [-0.05, 0) is 30.5 Å². The molecule has 0 N–H and O–H groups in total. The van der Waals surface area contributed by atoms with Crippen molar-refractivity contribution in [2.75, 3.05) is 13.7 Å². The molecule has 3 nitrogen and oxygen atoms in total. The molecule has 3 heteroatoms. The molecule has 1 aromatic carbocycles.